The van der Waals surface area contributed by atoms with Crippen LogP contribution in [0.15, 0.2) is 47.3 Å². The average molecular weight is 310 g/mol. The predicted molar refractivity (Wildman–Crippen MR) is 83.6 cm³/mol. The molecule has 5 heteroatoms. The molecule has 0 spiro atoms. The summed E-state index contributed by atoms with van der Waals surface area (Å²) in [6.07, 6.45) is 0. The van der Waals surface area contributed by atoms with Gasteiger partial charge in [0.05, 0.1) is 5.39 Å². The zero-order chi connectivity index (χ0) is 14.3. The van der Waals surface area contributed by atoms with Gasteiger partial charge in [-0.25, -0.2) is 0 Å². The molecule has 0 saturated carbocycles. The van der Waals surface area contributed by atoms with Crippen molar-refractivity contribution in [3.8, 4) is 5.75 Å². The molecule has 0 aliphatic heterocycles. The van der Waals surface area contributed by atoms with Gasteiger partial charge in [-0.15, -0.1) is 11.3 Å². The van der Waals surface area contributed by atoms with Crippen molar-refractivity contribution in [1.82, 2.24) is 0 Å². The zero-order valence-corrected chi connectivity index (χ0v) is 15.0. The number of rotatable bonds is 2. The predicted octanol–water partition coefficient (Wildman–Crippen LogP) is 0.638. The summed E-state index contributed by atoms with van der Waals surface area (Å²) in [6.45, 7) is 3.08. The maximum absolute atomic E-state index is 12.6. The van der Waals surface area contributed by atoms with E-state index < -0.39 is 5.79 Å². The van der Waals surface area contributed by atoms with Gasteiger partial charge in [0.2, 0.25) is 5.79 Å². The van der Waals surface area contributed by atoms with Gasteiger partial charge in [-0.05, 0) is 24.3 Å². The van der Waals surface area contributed by atoms with Crippen molar-refractivity contribution in [2.24, 2.45) is 0 Å². The molecule has 1 heterocycles. The maximum atomic E-state index is 12.6. The van der Waals surface area contributed by atoms with E-state index in [1.807, 2.05) is 36.4 Å². The third-order valence-corrected chi connectivity index (χ3v) is 4.06. The van der Waals surface area contributed by atoms with Crippen molar-refractivity contribution in [1.29, 1.82) is 0 Å². The van der Waals surface area contributed by atoms with Crippen molar-refractivity contribution in [2.75, 3.05) is 0 Å². The van der Waals surface area contributed by atoms with Crippen LogP contribution in [0.5, 0.6) is 5.75 Å². The van der Waals surface area contributed by atoms with Crippen LogP contribution in [0, 0.1) is 0 Å². The molecule has 0 radical (unpaired) electrons. The van der Waals surface area contributed by atoms with Gasteiger partial charge in [0, 0.05) is 28.6 Å². The Morgan fingerprint density at radius 2 is 1.76 bits per heavy atom. The van der Waals surface area contributed by atoms with E-state index in [4.69, 9.17) is 4.74 Å². The maximum Gasteiger partial charge on any atom is 1.00 e. The van der Waals surface area contributed by atoms with Gasteiger partial charge < -0.3 is 11.3 Å². The van der Waals surface area contributed by atoms with E-state index >= 15 is 0 Å². The van der Waals surface area contributed by atoms with Crippen molar-refractivity contribution < 1.29 is 40.8 Å². The van der Waals surface area contributed by atoms with Crippen molar-refractivity contribution in [2.45, 2.75) is 19.6 Å². The molecule has 0 aliphatic carbocycles. The second-order valence-electron chi connectivity index (χ2n) is 5.11. The Morgan fingerprint density at radius 1 is 1.10 bits per heavy atom. The Balaban J connectivity index is 0.00000121. The molecule has 1 aromatic heterocycles. The Labute approximate surface area is 150 Å². The molecule has 0 fully saturated rings. The molecule has 0 atom stereocenters. The van der Waals surface area contributed by atoms with Crippen molar-refractivity contribution >= 4 is 31.5 Å². The molecule has 0 saturated heterocycles. The van der Waals surface area contributed by atoms with Gasteiger partial charge in [-0.1, -0.05) is 18.2 Å². The second-order valence-corrected chi connectivity index (χ2v) is 6.19. The molecule has 3 aromatic rings. The third-order valence-electron chi connectivity index (χ3n) is 2.93. The van der Waals surface area contributed by atoms with Crippen LogP contribution >= 0.6 is 11.3 Å². The second kappa shape index (κ2) is 6.07. The number of hydrogen-bond acceptors (Lipinski definition) is 4. The van der Waals surface area contributed by atoms with Crippen LogP contribution in [0.1, 0.15) is 15.3 Å². The summed E-state index contributed by atoms with van der Waals surface area (Å²) in [5.41, 5.74) is -0.0609. The van der Waals surface area contributed by atoms with Crippen molar-refractivity contribution in [3.05, 3.63) is 52.7 Å². The van der Waals surface area contributed by atoms with E-state index in [9.17, 15) is 9.90 Å². The van der Waals surface area contributed by atoms with Crippen LogP contribution < -0.4 is 39.7 Å². The van der Waals surface area contributed by atoms with Crippen LogP contribution in [-0.4, -0.2) is 10.9 Å². The van der Waals surface area contributed by atoms with Crippen LogP contribution in [0.4, 0.5) is 0 Å². The molecule has 21 heavy (non-hydrogen) atoms. The first-order chi connectivity index (χ1) is 9.46. The molecule has 104 valence electrons. The summed E-state index contributed by atoms with van der Waals surface area (Å²) < 4.78 is 7.31. The fraction of sp³-hybridized carbons (Fsp3) is 0.188. The summed E-state index contributed by atoms with van der Waals surface area (Å²) in [6, 6.07) is 12.9. The number of benzene rings is 2. The van der Waals surface area contributed by atoms with Crippen LogP contribution in [0.25, 0.3) is 20.2 Å². The Kier molecular flexibility index (Phi) is 4.76. The van der Waals surface area contributed by atoms with Gasteiger partial charge in [-0.3, -0.25) is 4.79 Å². The minimum atomic E-state index is -1.32. The summed E-state index contributed by atoms with van der Waals surface area (Å²) in [5, 5.41) is 11.0. The largest absolute Gasteiger partial charge is 1.00 e. The summed E-state index contributed by atoms with van der Waals surface area (Å²) in [7, 11) is 0. The van der Waals surface area contributed by atoms with Crippen LogP contribution in [0.3, 0.4) is 0 Å². The van der Waals surface area contributed by atoms with Crippen LogP contribution in [0.2, 0.25) is 0 Å². The van der Waals surface area contributed by atoms with Crippen molar-refractivity contribution in [3.63, 3.8) is 0 Å². The molecular weight excluding hydrogens is 295 g/mol. The Morgan fingerprint density at radius 3 is 2.48 bits per heavy atom. The molecule has 0 unspecified atom stereocenters. The first kappa shape index (κ1) is 16.5. The summed E-state index contributed by atoms with van der Waals surface area (Å²) in [5.74, 6) is -0.904. The van der Waals surface area contributed by atoms with Crippen LogP contribution in [-0.2, 0) is 0 Å². The van der Waals surface area contributed by atoms with Gasteiger partial charge in [0.25, 0.3) is 0 Å². The Bertz CT molecular complexity index is 855. The standard InChI is InChI=1S/C16H14O3S.Na.H/c1-16(2,18)19-11-7-5-9-13-14(11)15(17)10-6-3-4-8-12(10)20-13;;/h3-9,18H,1-2H3;;/q;+1;-1. The average Bonchev–Trinajstić information content (AvgIpc) is 2.37. The van der Waals surface area contributed by atoms with E-state index in [0.29, 0.717) is 16.5 Å². The molecule has 1 N–H and O–H groups in total. The fourth-order valence-corrected chi connectivity index (χ4v) is 3.27. The van der Waals surface area contributed by atoms with E-state index in [1.165, 1.54) is 0 Å². The number of hydrogen-bond donors (Lipinski definition) is 1. The fourth-order valence-electron chi connectivity index (χ4n) is 2.17. The molecule has 3 rings (SSSR count). The smallest absolute Gasteiger partial charge is 1.00 e. The zero-order valence-electron chi connectivity index (χ0n) is 13.2. The van der Waals surface area contributed by atoms with Gasteiger partial charge in [-0.2, -0.15) is 0 Å². The van der Waals surface area contributed by atoms with E-state index in [-0.39, 0.29) is 36.4 Å². The molecule has 2 aromatic carbocycles. The summed E-state index contributed by atoms with van der Waals surface area (Å²) in [4.78, 5) is 12.6. The minimum absolute atomic E-state index is 0. The quantitative estimate of drug-likeness (QED) is 0.429. The van der Waals surface area contributed by atoms with Gasteiger partial charge in [0.15, 0.2) is 5.43 Å². The summed E-state index contributed by atoms with van der Waals surface area (Å²) >= 11 is 1.54. The van der Waals surface area contributed by atoms with E-state index in [0.717, 1.165) is 9.40 Å². The van der Waals surface area contributed by atoms with Gasteiger partial charge in [0.1, 0.15) is 5.75 Å². The number of fused-ring (bicyclic) bond motifs is 2. The molecular formula is C16H15NaO3S. The van der Waals surface area contributed by atoms with Gasteiger partial charge >= 0.3 is 29.6 Å². The number of ether oxygens (including phenoxy) is 1. The molecule has 0 bridgehead atoms. The monoisotopic (exact) mass is 310 g/mol. The first-order valence-corrected chi connectivity index (χ1v) is 7.13. The molecule has 3 nitrogen and oxygen atoms in total. The minimum Gasteiger partial charge on any atom is -1.00 e. The first-order valence-electron chi connectivity index (χ1n) is 6.32. The third kappa shape index (κ3) is 3.30. The van der Waals surface area contributed by atoms with E-state index in [2.05, 4.69) is 0 Å². The SMILES string of the molecule is CC(C)(O)Oc1cccc2sc3ccccc3c(=O)c12.[H-].[Na+]. The molecule has 0 aliphatic rings. The number of aliphatic hydroxyl groups is 1. The molecule has 0 amide bonds. The topological polar surface area (TPSA) is 46.5 Å². The normalized spacial score (nSPS) is 11.4. The van der Waals surface area contributed by atoms with E-state index in [1.54, 1.807) is 31.3 Å². The Hall–Kier alpha value is -0.910.